The van der Waals surface area contributed by atoms with E-state index >= 15 is 0 Å². The molecule has 26 heavy (non-hydrogen) atoms. The minimum atomic E-state index is -3.28. The van der Waals surface area contributed by atoms with Crippen LogP contribution >= 0.6 is 18.9 Å². The third-order valence-corrected chi connectivity index (χ3v) is 6.90. The van der Waals surface area contributed by atoms with Gasteiger partial charge in [0.05, 0.1) is 10.6 Å². The normalized spacial score (nSPS) is 11.7. The topological polar surface area (TPSA) is 48.4 Å². The van der Waals surface area contributed by atoms with Crippen LogP contribution in [0.25, 0.3) is 21.7 Å². The number of benzene rings is 2. The molecule has 1 heterocycles. The highest BCUT2D eigenvalue weighted by atomic mass is 32.1. The predicted molar refractivity (Wildman–Crippen MR) is 98.2 cm³/mol. The van der Waals surface area contributed by atoms with Crippen molar-refractivity contribution in [1.82, 2.24) is 4.98 Å². The molecular weight excluding hydrogens is 379 g/mol. The molecule has 3 aromatic rings. The fourth-order valence-electron chi connectivity index (χ4n) is 2.40. The van der Waals surface area contributed by atoms with Gasteiger partial charge in [0, 0.05) is 19.8 Å². The molecule has 2 aromatic carbocycles. The maximum atomic E-state index is 13.3. The molecule has 0 unspecified atom stereocenters. The average Bonchev–Trinajstić information content (AvgIpc) is 3.06. The van der Waals surface area contributed by atoms with Crippen molar-refractivity contribution < 1.29 is 22.4 Å². The van der Waals surface area contributed by atoms with Crippen LogP contribution in [-0.4, -0.2) is 19.2 Å². The Hall–Kier alpha value is -1.92. The number of halogens is 2. The van der Waals surface area contributed by atoms with E-state index < -0.39 is 7.60 Å². The maximum Gasteiger partial charge on any atom is 0.336 e. The van der Waals surface area contributed by atoms with E-state index in [4.69, 9.17) is 9.05 Å². The van der Waals surface area contributed by atoms with Crippen molar-refractivity contribution in [3.63, 3.8) is 0 Å². The summed E-state index contributed by atoms with van der Waals surface area (Å²) in [4.78, 5) is 5.33. The largest absolute Gasteiger partial charge is 0.336 e. The smallest absolute Gasteiger partial charge is 0.312 e. The third-order valence-electron chi connectivity index (χ3n) is 3.78. The standard InChI is InChI=1S/C18H16F2NO3PS/c1-23-25(22,24-2)11-16-21-17(12-3-7-14(19)8-4-12)18(26-16)13-5-9-15(20)10-6-13/h3-10H,11H2,1-2H3. The van der Waals surface area contributed by atoms with E-state index in [0.29, 0.717) is 16.3 Å². The molecule has 3 rings (SSSR count). The molecule has 0 saturated heterocycles. The van der Waals surface area contributed by atoms with Gasteiger partial charge in [-0.3, -0.25) is 4.57 Å². The molecule has 0 fully saturated rings. The fraction of sp³-hybridized carbons (Fsp3) is 0.167. The quantitative estimate of drug-likeness (QED) is 0.499. The van der Waals surface area contributed by atoms with E-state index in [-0.39, 0.29) is 17.8 Å². The summed E-state index contributed by atoms with van der Waals surface area (Å²) in [5.41, 5.74) is 2.08. The molecule has 0 atom stereocenters. The Labute approximate surface area is 154 Å². The number of hydrogen-bond acceptors (Lipinski definition) is 5. The molecule has 0 radical (unpaired) electrons. The van der Waals surface area contributed by atoms with Gasteiger partial charge in [0.15, 0.2) is 0 Å². The molecule has 8 heteroatoms. The summed E-state index contributed by atoms with van der Waals surface area (Å²) in [6.07, 6.45) is 0.0139. The van der Waals surface area contributed by atoms with Crippen LogP contribution in [0.3, 0.4) is 0 Å². The van der Waals surface area contributed by atoms with Crippen molar-refractivity contribution in [1.29, 1.82) is 0 Å². The van der Waals surface area contributed by atoms with Crippen LogP contribution in [0, 0.1) is 11.6 Å². The van der Waals surface area contributed by atoms with Gasteiger partial charge >= 0.3 is 7.60 Å². The Balaban J connectivity index is 2.09. The lowest BCUT2D eigenvalue weighted by atomic mass is 10.1. The zero-order chi connectivity index (χ0) is 18.7. The molecule has 0 N–H and O–H groups in total. The van der Waals surface area contributed by atoms with Crippen LogP contribution < -0.4 is 0 Å². The van der Waals surface area contributed by atoms with Gasteiger partial charge in [0.25, 0.3) is 0 Å². The maximum absolute atomic E-state index is 13.3. The predicted octanol–water partition coefficient (Wildman–Crippen LogP) is 5.74. The molecule has 0 aliphatic rings. The molecule has 0 bridgehead atoms. The molecule has 136 valence electrons. The molecule has 0 aliphatic carbocycles. The first kappa shape index (κ1) is 18.9. The summed E-state index contributed by atoms with van der Waals surface area (Å²) in [5, 5.41) is 0.552. The Kier molecular flexibility index (Phi) is 5.63. The van der Waals surface area contributed by atoms with Crippen molar-refractivity contribution >= 4 is 18.9 Å². The summed E-state index contributed by atoms with van der Waals surface area (Å²) >= 11 is 1.32. The molecule has 0 saturated carbocycles. The molecule has 0 amide bonds. The lowest BCUT2D eigenvalue weighted by Crippen LogP contribution is -1.93. The van der Waals surface area contributed by atoms with Crippen LogP contribution in [0.5, 0.6) is 0 Å². The van der Waals surface area contributed by atoms with E-state index in [2.05, 4.69) is 4.98 Å². The van der Waals surface area contributed by atoms with Gasteiger partial charge in [-0.1, -0.05) is 12.1 Å². The van der Waals surface area contributed by atoms with Crippen LogP contribution in [-0.2, 0) is 19.8 Å². The number of thiazole rings is 1. The van der Waals surface area contributed by atoms with Crippen molar-refractivity contribution in [3.05, 3.63) is 65.2 Å². The first-order valence-corrected chi connectivity index (χ1v) is 10.2. The molecule has 1 aromatic heterocycles. The van der Waals surface area contributed by atoms with Gasteiger partial charge in [-0.25, -0.2) is 13.8 Å². The first-order chi connectivity index (χ1) is 12.4. The summed E-state index contributed by atoms with van der Waals surface area (Å²) < 4.78 is 48.9. The van der Waals surface area contributed by atoms with E-state index in [9.17, 15) is 13.3 Å². The number of aromatic nitrogens is 1. The number of hydrogen-bond donors (Lipinski definition) is 0. The number of rotatable bonds is 6. The van der Waals surface area contributed by atoms with E-state index in [1.807, 2.05) is 0 Å². The van der Waals surface area contributed by atoms with Gasteiger partial charge in [-0.2, -0.15) is 0 Å². The number of nitrogens with zero attached hydrogens (tertiary/aromatic N) is 1. The van der Waals surface area contributed by atoms with Gasteiger partial charge in [0.1, 0.15) is 22.8 Å². The lowest BCUT2D eigenvalue weighted by Gasteiger charge is -2.11. The molecule has 4 nitrogen and oxygen atoms in total. The summed E-state index contributed by atoms with van der Waals surface area (Å²) in [7, 11) is -0.642. The van der Waals surface area contributed by atoms with E-state index in [0.717, 1.165) is 10.4 Å². The van der Waals surface area contributed by atoms with Crippen LogP contribution in [0.15, 0.2) is 48.5 Å². The minimum Gasteiger partial charge on any atom is -0.312 e. The Morgan fingerprint density at radius 1 is 0.923 bits per heavy atom. The minimum absolute atomic E-state index is 0.0139. The van der Waals surface area contributed by atoms with Crippen molar-refractivity contribution in [2.75, 3.05) is 14.2 Å². The van der Waals surface area contributed by atoms with Gasteiger partial charge in [-0.15, -0.1) is 11.3 Å². The zero-order valence-corrected chi connectivity index (χ0v) is 15.8. The van der Waals surface area contributed by atoms with E-state index in [1.165, 1.54) is 49.8 Å². The van der Waals surface area contributed by atoms with E-state index in [1.54, 1.807) is 24.3 Å². The highest BCUT2D eigenvalue weighted by molar-refractivity contribution is 7.53. The van der Waals surface area contributed by atoms with Gasteiger partial charge in [-0.05, 0) is 42.0 Å². The Morgan fingerprint density at radius 2 is 1.42 bits per heavy atom. The van der Waals surface area contributed by atoms with Crippen LogP contribution in [0.1, 0.15) is 5.01 Å². The van der Waals surface area contributed by atoms with Crippen molar-refractivity contribution in [2.24, 2.45) is 0 Å². The second kappa shape index (κ2) is 7.76. The molecule has 0 aliphatic heterocycles. The SMILES string of the molecule is COP(=O)(Cc1nc(-c2ccc(F)cc2)c(-c2ccc(F)cc2)s1)OC. The molecular formula is C18H16F2NO3PS. The van der Waals surface area contributed by atoms with Gasteiger partial charge < -0.3 is 9.05 Å². The lowest BCUT2D eigenvalue weighted by molar-refractivity contribution is 0.275. The summed E-state index contributed by atoms with van der Waals surface area (Å²) in [6.45, 7) is 0. The second-order valence-electron chi connectivity index (χ2n) is 5.43. The highest BCUT2D eigenvalue weighted by Gasteiger charge is 2.25. The van der Waals surface area contributed by atoms with Crippen molar-refractivity contribution in [2.45, 2.75) is 6.16 Å². The Bertz CT molecular complexity index is 871. The third kappa shape index (κ3) is 4.07. The molecule has 0 spiro atoms. The average molecular weight is 395 g/mol. The zero-order valence-electron chi connectivity index (χ0n) is 14.1. The van der Waals surface area contributed by atoms with Gasteiger partial charge in [0.2, 0.25) is 0 Å². The summed E-state index contributed by atoms with van der Waals surface area (Å²) in [6, 6.07) is 11.9. The fourth-order valence-corrected chi connectivity index (χ4v) is 4.83. The highest BCUT2D eigenvalue weighted by Crippen LogP contribution is 2.51. The first-order valence-electron chi connectivity index (χ1n) is 7.66. The van der Waals surface area contributed by atoms with Crippen molar-refractivity contribution in [3.8, 4) is 21.7 Å². The van der Waals surface area contributed by atoms with Crippen LogP contribution in [0.4, 0.5) is 8.78 Å². The second-order valence-corrected chi connectivity index (χ2v) is 8.79. The summed E-state index contributed by atoms with van der Waals surface area (Å²) in [5.74, 6) is -0.694. The Morgan fingerprint density at radius 3 is 1.92 bits per heavy atom. The van der Waals surface area contributed by atoms with Crippen LogP contribution in [0.2, 0.25) is 0 Å². The monoisotopic (exact) mass is 395 g/mol.